The van der Waals surface area contributed by atoms with E-state index in [1.54, 1.807) is 0 Å². The quantitative estimate of drug-likeness (QED) is 0.735. The summed E-state index contributed by atoms with van der Waals surface area (Å²) in [6, 6.07) is 8.19. The Bertz CT molecular complexity index is 363. The fourth-order valence-electron chi connectivity index (χ4n) is 2.55. The van der Waals surface area contributed by atoms with Crippen molar-refractivity contribution in [2.75, 3.05) is 26.2 Å². The van der Waals surface area contributed by atoms with Crippen molar-refractivity contribution in [1.29, 1.82) is 0 Å². The molecule has 2 rings (SSSR count). The Morgan fingerprint density at radius 3 is 2.45 bits per heavy atom. The summed E-state index contributed by atoms with van der Waals surface area (Å²) < 4.78 is 5.63. The molecule has 1 aliphatic heterocycles. The molecule has 1 unspecified atom stereocenters. The van der Waals surface area contributed by atoms with Gasteiger partial charge in [-0.05, 0) is 50.0 Å². The molecule has 3 nitrogen and oxygen atoms in total. The Hall–Kier alpha value is -0.770. The standard InChI is InChI=1S/C16H25NO2.ClH/c1-2-5-14-6-8-16(9-7-14)19-13-15(18)12-17-10-3-4-11-17;/h6-9,15,18H,2-5,10-13H2,1H3;1H/p-1. The van der Waals surface area contributed by atoms with Gasteiger partial charge < -0.3 is 27.2 Å². The minimum Gasteiger partial charge on any atom is -1.00 e. The molecule has 114 valence electrons. The Labute approximate surface area is 128 Å². The van der Waals surface area contributed by atoms with Crippen LogP contribution in [-0.4, -0.2) is 42.4 Å². The molecule has 1 fully saturated rings. The second kappa shape index (κ2) is 9.22. The molecule has 1 heterocycles. The molecule has 0 radical (unpaired) electrons. The first kappa shape index (κ1) is 17.3. The number of likely N-dealkylation sites (tertiary alicyclic amines) is 1. The van der Waals surface area contributed by atoms with Crippen molar-refractivity contribution in [3.05, 3.63) is 29.8 Å². The molecule has 0 aromatic heterocycles. The molecular weight excluding hydrogens is 274 g/mol. The zero-order valence-electron chi connectivity index (χ0n) is 12.2. The maximum absolute atomic E-state index is 9.94. The Kier molecular flexibility index (Phi) is 7.97. The lowest BCUT2D eigenvalue weighted by molar-refractivity contribution is -0.00000622. The first-order valence-corrected chi connectivity index (χ1v) is 7.40. The van der Waals surface area contributed by atoms with Gasteiger partial charge in [-0.25, -0.2) is 0 Å². The highest BCUT2D eigenvalue weighted by atomic mass is 35.5. The smallest absolute Gasteiger partial charge is 0.119 e. The molecule has 1 aliphatic rings. The van der Waals surface area contributed by atoms with Gasteiger partial charge in [-0.2, -0.15) is 0 Å². The predicted molar refractivity (Wildman–Crippen MR) is 77.6 cm³/mol. The number of hydrogen-bond acceptors (Lipinski definition) is 3. The molecule has 20 heavy (non-hydrogen) atoms. The highest BCUT2D eigenvalue weighted by Crippen LogP contribution is 2.14. The Morgan fingerprint density at radius 2 is 1.85 bits per heavy atom. The lowest BCUT2D eigenvalue weighted by Gasteiger charge is -2.19. The normalized spacial score (nSPS) is 16.7. The number of β-amino-alcohol motifs (C(OH)–C–C–N with tert-alkyl or cyclic N) is 1. The molecule has 0 amide bonds. The van der Waals surface area contributed by atoms with Crippen LogP contribution in [0.4, 0.5) is 0 Å². The highest BCUT2D eigenvalue weighted by molar-refractivity contribution is 5.27. The number of benzene rings is 1. The number of nitrogens with zero attached hydrogens (tertiary/aromatic N) is 1. The van der Waals surface area contributed by atoms with Crippen LogP contribution < -0.4 is 17.1 Å². The van der Waals surface area contributed by atoms with Crippen LogP contribution in [-0.2, 0) is 6.42 Å². The third-order valence-electron chi connectivity index (χ3n) is 3.57. The van der Waals surface area contributed by atoms with Crippen LogP contribution >= 0.6 is 0 Å². The van der Waals surface area contributed by atoms with Crippen molar-refractivity contribution in [2.24, 2.45) is 0 Å². The van der Waals surface area contributed by atoms with Gasteiger partial charge in [0.1, 0.15) is 18.5 Å². The van der Waals surface area contributed by atoms with Gasteiger partial charge in [0, 0.05) is 6.54 Å². The summed E-state index contributed by atoms with van der Waals surface area (Å²) in [5, 5.41) is 9.94. The van der Waals surface area contributed by atoms with Crippen molar-refractivity contribution in [3.63, 3.8) is 0 Å². The summed E-state index contributed by atoms with van der Waals surface area (Å²) in [5.41, 5.74) is 1.34. The number of ether oxygens (including phenoxy) is 1. The number of halogens is 1. The summed E-state index contributed by atoms with van der Waals surface area (Å²) in [6.07, 6.45) is 4.39. The fraction of sp³-hybridized carbons (Fsp3) is 0.625. The van der Waals surface area contributed by atoms with E-state index < -0.39 is 6.10 Å². The molecule has 1 saturated heterocycles. The summed E-state index contributed by atoms with van der Waals surface area (Å²) in [4.78, 5) is 2.30. The third kappa shape index (κ3) is 5.70. The maximum atomic E-state index is 9.94. The molecule has 4 heteroatoms. The third-order valence-corrected chi connectivity index (χ3v) is 3.57. The van der Waals surface area contributed by atoms with Crippen LogP contribution in [0, 0.1) is 0 Å². The number of aliphatic hydroxyl groups excluding tert-OH is 1. The largest absolute Gasteiger partial charge is 1.00 e. The van der Waals surface area contributed by atoms with E-state index in [-0.39, 0.29) is 12.4 Å². The van der Waals surface area contributed by atoms with E-state index in [9.17, 15) is 5.11 Å². The first-order valence-electron chi connectivity index (χ1n) is 7.40. The molecule has 0 bridgehead atoms. The lowest BCUT2D eigenvalue weighted by atomic mass is 10.1. The fourth-order valence-corrected chi connectivity index (χ4v) is 2.55. The lowest BCUT2D eigenvalue weighted by Crippen LogP contribution is -3.00. The molecule has 1 aromatic rings. The number of hydrogen-bond donors (Lipinski definition) is 1. The average molecular weight is 299 g/mol. The average Bonchev–Trinajstić information content (AvgIpc) is 2.91. The van der Waals surface area contributed by atoms with E-state index >= 15 is 0 Å². The summed E-state index contributed by atoms with van der Waals surface area (Å²) >= 11 is 0. The van der Waals surface area contributed by atoms with E-state index in [4.69, 9.17) is 4.74 Å². The molecular formula is C16H25ClNO2-. The number of aliphatic hydroxyl groups is 1. The van der Waals surface area contributed by atoms with Crippen molar-refractivity contribution >= 4 is 0 Å². The molecule has 1 atom stereocenters. The van der Waals surface area contributed by atoms with Crippen LogP contribution in [0.1, 0.15) is 31.7 Å². The molecule has 0 spiro atoms. The summed E-state index contributed by atoms with van der Waals surface area (Å²) in [7, 11) is 0. The van der Waals surface area contributed by atoms with Gasteiger partial charge in [0.05, 0.1) is 0 Å². The summed E-state index contributed by atoms with van der Waals surface area (Å²) in [6.45, 7) is 5.52. The van der Waals surface area contributed by atoms with Crippen LogP contribution in [0.2, 0.25) is 0 Å². The predicted octanol–water partition coefficient (Wildman–Crippen LogP) is -0.521. The minimum absolute atomic E-state index is 0. The van der Waals surface area contributed by atoms with Crippen molar-refractivity contribution in [3.8, 4) is 5.75 Å². The molecule has 0 saturated carbocycles. The minimum atomic E-state index is -0.395. The molecule has 1 N–H and O–H groups in total. The van der Waals surface area contributed by atoms with Crippen molar-refractivity contribution in [1.82, 2.24) is 4.90 Å². The van der Waals surface area contributed by atoms with Crippen LogP contribution in [0.3, 0.4) is 0 Å². The van der Waals surface area contributed by atoms with Gasteiger partial charge in [-0.1, -0.05) is 25.5 Å². The van der Waals surface area contributed by atoms with Gasteiger partial charge in [-0.15, -0.1) is 0 Å². The number of aryl methyl sites for hydroxylation is 1. The van der Waals surface area contributed by atoms with Crippen molar-refractivity contribution < 1.29 is 22.3 Å². The zero-order chi connectivity index (χ0) is 13.5. The van der Waals surface area contributed by atoms with Crippen LogP contribution in [0.25, 0.3) is 0 Å². The van der Waals surface area contributed by atoms with Gasteiger partial charge in [-0.3, -0.25) is 0 Å². The van der Waals surface area contributed by atoms with Gasteiger partial charge in [0.15, 0.2) is 0 Å². The molecule has 0 aliphatic carbocycles. The van der Waals surface area contributed by atoms with Gasteiger partial charge >= 0.3 is 0 Å². The van der Waals surface area contributed by atoms with Crippen LogP contribution in [0.15, 0.2) is 24.3 Å². The van der Waals surface area contributed by atoms with E-state index in [0.29, 0.717) is 6.61 Å². The Morgan fingerprint density at radius 1 is 1.20 bits per heavy atom. The monoisotopic (exact) mass is 298 g/mol. The van der Waals surface area contributed by atoms with Crippen LogP contribution in [0.5, 0.6) is 5.75 Å². The SMILES string of the molecule is CCCc1ccc(OCC(O)CN2CCCC2)cc1.[Cl-]. The highest BCUT2D eigenvalue weighted by Gasteiger charge is 2.15. The van der Waals surface area contributed by atoms with Crippen molar-refractivity contribution in [2.45, 2.75) is 38.7 Å². The summed E-state index contributed by atoms with van der Waals surface area (Å²) in [5.74, 6) is 0.848. The second-order valence-electron chi connectivity index (χ2n) is 5.37. The number of rotatable bonds is 7. The van der Waals surface area contributed by atoms with E-state index in [0.717, 1.165) is 38.2 Å². The second-order valence-corrected chi connectivity index (χ2v) is 5.37. The van der Waals surface area contributed by atoms with Gasteiger partial charge in [0.2, 0.25) is 0 Å². The van der Waals surface area contributed by atoms with E-state index in [1.165, 1.54) is 18.4 Å². The van der Waals surface area contributed by atoms with E-state index in [2.05, 4.69) is 24.0 Å². The zero-order valence-corrected chi connectivity index (χ0v) is 13.0. The first-order chi connectivity index (χ1) is 9.28. The molecule has 1 aromatic carbocycles. The Balaban J connectivity index is 0.00000200. The van der Waals surface area contributed by atoms with Gasteiger partial charge in [0.25, 0.3) is 0 Å². The maximum Gasteiger partial charge on any atom is 0.119 e. The van der Waals surface area contributed by atoms with E-state index in [1.807, 2.05) is 12.1 Å². The topological polar surface area (TPSA) is 32.7 Å².